The fraction of sp³-hybridized carbons (Fsp3) is 1.00. The van der Waals surface area contributed by atoms with Gasteiger partial charge < -0.3 is 10.2 Å². The lowest BCUT2D eigenvalue weighted by molar-refractivity contribution is 0.0680. The molecule has 0 saturated carbocycles. The lowest BCUT2D eigenvalue weighted by Crippen LogP contribution is -2.17. The highest BCUT2D eigenvalue weighted by Gasteiger charge is 2.11. The maximum atomic E-state index is 10.1. The Morgan fingerprint density at radius 3 is 0.788 bits per heavy atom. The van der Waals surface area contributed by atoms with Gasteiger partial charge in [0.1, 0.15) is 0 Å². The van der Waals surface area contributed by atoms with E-state index in [0.717, 1.165) is 25.7 Å². The largest absolute Gasteiger partial charge is 0.393 e. The van der Waals surface area contributed by atoms with Crippen LogP contribution in [0, 0.1) is 0 Å². The van der Waals surface area contributed by atoms with Crippen LogP contribution in [-0.4, -0.2) is 22.4 Å². The number of aliphatic hydroxyl groups is 2. The van der Waals surface area contributed by atoms with Gasteiger partial charge in [0.25, 0.3) is 0 Å². The fourth-order valence-corrected chi connectivity index (χ4v) is 4.99. The summed E-state index contributed by atoms with van der Waals surface area (Å²) < 4.78 is 0. The zero-order valence-electron chi connectivity index (χ0n) is 23.1. The molecule has 33 heavy (non-hydrogen) atoms. The first-order chi connectivity index (χ1) is 16.2. The van der Waals surface area contributed by atoms with Crippen LogP contribution < -0.4 is 0 Å². The van der Waals surface area contributed by atoms with E-state index in [4.69, 9.17) is 0 Å². The number of aliphatic hydroxyl groups excluding tert-OH is 2. The van der Waals surface area contributed by atoms with Gasteiger partial charge in [-0.15, -0.1) is 0 Å². The van der Waals surface area contributed by atoms with E-state index in [0.29, 0.717) is 6.42 Å². The van der Waals surface area contributed by atoms with E-state index in [-0.39, 0.29) is 12.2 Å². The highest BCUT2D eigenvalue weighted by atomic mass is 16.3. The van der Waals surface area contributed by atoms with E-state index in [2.05, 4.69) is 13.8 Å². The van der Waals surface area contributed by atoms with Crippen LogP contribution in [0.15, 0.2) is 0 Å². The summed E-state index contributed by atoms with van der Waals surface area (Å²) in [7, 11) is 0. The third-order valence-electron chi connectivity index (χ3n) is 7.33. The summed E-state index contributed by atoms with van der Waals surface area (Å²) in [5.41, 5.74) is 0. The molecule has 0 aliphatic carbocycles. The Morgan fingerprint density at radius 2 is 0.545 bits per heavy atom. The Bertz CT molecular complexity index is 344. The van der Waals surface area contributed by atoms with Crippen LogP contribution in [-0.2, 0) is 0 Å². The summed E-state index contributed by atoms with van der Waals surface area (Å²) in [6.07, 6.45) is 34.4. The molecule has 0 radical (unpaired) electrons. The fourth-order valence-electron chi connectivity index (χ4n) is 4.99. The molecule has 0 aromatic rings. The third kappa shape index (κ3) is 28.0. The average Bonchev–Trinajstić information content (AvgIpc) is 2.80. The molecule has 0 spiro atoms. The minimum atomic E-state index is -0.304. The summed E-state index contributed by atoms with van der Waals surface area (Å²) >= 11 is 0. The molecule has 0 aliphatic heterocycles. The van der Waals surface area contributed by atoms with Crippen LogP contribution in [0.4, 0.5) is 0 Å². The lowest BCUT2D eigenvalue weighted by Gasteiger charge is -2.15. The average molecular weight is 469 g/mol. The zero-order chi connectivity index (χ0) is 24.2. The number of hydrogen-bond acceptors (Lipinski definition) is 2. The van der Waals surface area contributed by atoms with E-state index in [1.54, 1.807) is 0 Å². The summed E-state index contributed by atoms with van der Waals surface area (Å²) in [6, 6.07) is 0. The van der Waals surface area contributed by atoms with Crippen LogP contribution in [0.1, 0.15) is 187 Å². The summed E-state index contributed by atoms with van der Waals surface area (Å²) in [5.74, 6) is 0. The van der Waals surface area contributed by atoms with E-state index in [1.807, 2.05) is 0 Å². The molecule has 0 heterocycles. The minimum Gasteiger partial charge on any atom is -0.393 e. The molecule has 0 fully saturated rings. The molecule has 0 aromatic carbocycles. The molecule has 0 rings (SSSR count). The van der Waals surface area contributed by atoms with E-state index in [1.165, 1.54) is 141 Å². The molecule has 2 N–H and O–H groups in total. The molecule has 200 valence electrons. The van der Waals surface area contributed by atoms with Crippen LogP contribution in [0.25, 0.3) is 0 Å². The standard InChI is InChI=1S/C31H64O2/c1-3-5-7-9-10-11-12-13-14-15-16-17-18-19-20-21-22-24-26-28-31(33)29-30(32)27-25-23-8-6-4-2/h30-33H,3-29H2,1-2H3. The van der Waals surface area contributed by atoms with Gasteiger partial charge in [-0.05, 0) is 19.3 Å². The van der Waals surface area contributed by atoms with Gasteiger partial charge in [0, 0.05) is 0 Å². The van der Waals surface area contributed by atoms with E-state index < -0.39 is 0 Å². The van der Waals surface area contributed by atoms with Crippen LogP contribution in [0.5, 0.6) is 0 Å². The first-order valence-electron chi connectivity index (χ1n) is 15.6. The monoisotopic (exact) mass is 468 g/mol. The molecule has 0 aliphatic rings. The Balaban J connectivity index is 3.20. The van der Waals surface area contributed by atoms with E-state index >= 15 is 0 Å². The van der Waals surface area contributed by atoms with Gasteiger partial charge in [-0.3, -0.25) is 0 Å². The van der Waals surface area contributed by atoms with Crippen molar-refractivity contribution in [3.8, 4) is 0 Å². The predicted molar refractivity (Wildman–Crippen MR) is 148 cm³/mol. The molecule has 2 heteroatoms. The number of hydrogen-bond donors (Lipinski definition) is 2. The topological polar surface area (TPSA) is 40.5 Å². The minimum absolute atomic E-state index is 0.304. The van der Waals surface area contributed by atoms with Crippen LogP contribution in [0.2, 0.25) is 0 Å². The SMILES string of the molecule is CCCCCCCCCCCCCCCCCCCCCC(O)CC(O)CCCCCCC. The van der Waals surface area contributed by atoms with Crippen molar-refractivity contribution < 1.29 is 10.2 Å². The maximum absolute atomic E-state index is 10.1. The van der Waals surface area contributed by atoms with Gasteiger partial charge >= 0.3 is 0 Å². The first kappa shape index (κ1) is 32.9. The van der Waals surface area contributed by atoms with Crippen LogP contribution >= 0.6 is 0 Å². The molecule has 2 unspecified atom stereocenters. The van der Waals surface area contributed by atoms with Crippen LogP contribution in [0.3, 0.4) is 0 Å². The van der Waals surface area contributed by atoms with Crippen molar-refractivity contribution in [2.24, 2.45) is 0 Å². The van der Waals surface area contributed by atoms with Gasteiger partial charge in [0.05, 0.1) is 12.2 Å². The predicted octanol–water partition coefficient (Wildman–Crippen LogP) is 10.3. The van der Waals surface area contributed by atoms with Gasteiger partial charge in [-0.2, -0.15) is 0 Å². The first-order valence-corrected chi connectivity index (χ1v) is 15.6. The Morgan fingerprint density at radius 1 is 0.333 bits per heavy atom. The Labute approximate surface area is 209 Å². The van der Waals surface area contributed by atoms with Crippen molar-refractivity contribution in [1.29, 1.82) is 0 Å². The second-order valence-corrected chi connectivity index (χ2v) is 10.9. The van der Waals surface area contributed by atoms with Crippen molar-refractivity contribution in [3.05, 3.63) is 0 Å². The maximum Gasteiger partial charge on any atom is 0.0564 e. The summed E-state index contributed by atoms with van der Waals surface area (Å²) in [5, 5.41) is 20.2. The molecule has 0 amide bonds. The van der Waals surface area contributed by atoms with Crippen molar-refractivity contribution in [2.45, 2.75) is 199 Å². The molecular weight excluding hydrogens is 404 g/mol. The van der Waals surface area contributed by atoms with Crippen molar-refractivity contribution in [1.82, 2.24) is 0 Å². The highest BCUT2D eigenvalue weighted by Crippen LogP contribution is 2.17. The summed E-state index contributed by atoms with van der Waals surface area (Å²) in [6.45, 7) is 4.52. The normalized spacial score (nSPS) is 13.5. The second kappa shape index (κ2) is 28.2. The van der Waals surface area contributed by atoms with Gasteiger partial charge in [-0.25, -0.2) is 0 Å². The highest BCUT2D eigenvalue weighted by molar-refractivity contribution is 4.64. The molecule has 0 aromatic heterocycles. The van der Waals surface area contributed by atoms with Gasteiger partial charge in [0.15, 0.2) is 0 Å². The van der Waals surface area contributed by atoms with Crippen molar-refractivity contribution in [3.63, 3.8) is 0 Å². The smallest absolute Gasteiger partial charge is 0.0564 e. The zero-order valence-corrected chi connectivity index (χ0v) is 23.1. The second-order valence-electron chi connectivity index (χ2n) is 10.9. The Hall–Kier alpha value is -0.0800. The summed E-state index contributed by atoms with van der Waals surface area (Å²) in [4.78, 5) is 0. The molecule has 0 bridgehead atoms. The molecule has 0 saturated heterocycles. The number of unbranched alkanes of at least 4 members (excludes halogenated alkanes) is 22. The molecular formula is C31H64O2. The molecule has 2 atom stereocenters. The third-order valence-corrected chi connectivity index (χ3v) is 7.33. The van der Waals surface area contributed by atoms with Crippen molar-refractivity contribution >= 4 is 0 Å². The van der Waals surface area contributed by atoms with Crippen molar-refractivity contribution in [2.75, 3.05) is 0 Å². The van der Waals surface area contributed by atoms with E-state index in [9.17, 15) is 10.2 Å². The lowest BCUT2D eigenvalue weighted by atomic mass is 9.99. The van der Waals surface area contributed by atoms with Gasteiger partial charge in [0.2, 0.25) is 0 Å². The van der Waals surface area contributed by atoms with Gasteiger partial charge in [-0.1, -0.05) is 168 Å². The quantitative estimate of drug-likeness (QED) is 0.112. The number of rotatable bonds is 28. The Kier molecular flexibility index (Phi) is 28.1. The molecule has 2 nitrogen and oxygen atoms in total.